The average molecular weight is 444 g/mol. The van der Waals surface area contributed by atoms with Gasteiger partial charge in [-0.3, -0.25) is 4.79 Å². The molecule has 4 rings (SSSR count). The molecule has 1 aromatic heterocycles. The first-order chi connectivity index (χ1) is 15.0. The number of ether oxygens (including phenoxy) is 1. The van der Waals surface area contributed by atoms with E-state index < -0.39 is 10.0 Å². The summed E-state index contributed by atoms with van der Waals surface area (Å²) in [6, 6.07) is 9.94. The maximum Gasteiger partial charge on any atom is 0.251 e. The number of amides is 1. The molecule has 2 aromatic rings. The van der Waals surface area contributed by atoms with Crippen LogP contribution in [0.4, 0.5) is 0 Å². The number of hydrogen-bond acceptors (Lipinski definition) is 5. The first kappa shape index (κ1) is 21.8. The summed E-state index contributed by atoms with van der Waals surface area (Å²) in [4.78, 5) is 17.1. The number of sulfonamides is 1. The Kier molecular flexibility index (Phi) is 6.87. The van der Waals surface area contributed by atoms with Gasteiger partial charge in [-0.2, -0.15) is 4.31 Å². The van der Waals surface area contributed by atoms with Crippen molar-refractivity contribution in [2.45, 2.75) is 50.0 Å². The lowest BCUT2D eigenvalue weighted by Gasteiger charge is -2.20. The van der Waals surface area contributed by atoms with Crippen LogP contribution in [0.15, 0.2) is 47.5 Å². The highest BCUT2D eigenvalue weighted by molar-refractivity contribution is 7.89. The number of nitrogens with one attached hydrogen (secondary N) is 1. The summed E-state index contributed by atoms with van der Waals surface area (Å²) in [6.45, 7) is 2.08. The lowest BCUT2D eigenvalue weighted by molar-refractivity contribution is 0.0950. The minimum Gasteiger partial charge on any atom is -0.477 e. The van der Waals surface area contributed by atoms with E-state index in [1.807, 2.05) is 6.07 Å². The normalized spacial score (nSPS) is 17.7. The smallest absolute Gasteiger partial charge is 0.251 e. The Hall–Kier alpha value is -2.45. The second kappa shape index (κ2) is 9.78. The van der Waals surface area contributed by atoms with E-state index in [9.17, 15) is 13.2 Å². The van der Waals surface area contributed by atoms with Gasteiger partial charge >= 0.3 is 0 Å². The van der Waals surface area contributed by atoms with Crippen molar-refractivity contribution < 1.29 is 17.9 Å². The van der Waals surface area contributed by atoms with Crippen LogP contribution in [0.3, 0.4) is 0 Å². The highest BCUT2D eigenvalue weighted by Crippen LogP contribution is 2.29. The third-order valence-corrected chi connectivity index (χ3v) is 7.61. The molecule has 0 spiro atoms. The lowest BCUT2D eigenvalue weighted by Crippen LogP contribution is -2.32. The average Bonchev–Trinajstić information content (AvgIpc) is 3.64. The fraction of sp³-hybridized carbons (Fsp3) is 0.478. The van der Waals surface area contributed by atoms with E-state index >= 15 is 0 Å². The van der Waals surface area contributed by atoms with Gasteiger partial charge in [0.2, 0.25) is 15.9 Å². The summed E-state index contributed by atoms with van der Waals surface area (Å²) >= 11 is 0. The van der Waals surface area contributed by atoms with Crippen LogP contribution in [0.1, 0.15) is 54.4 Å². The molecule has 31 heavy (non-hydrogen) atoms. The van der Waals surface area contributed by atoms with Gasteiger partial charge < -0.3 is 10.1 Å². The van der Waals surface area contributed by atoms with Crippen molar-refractivity contribution in [1.82, 2.24) is 14.6 Å². The van der Waals surface area contributed by atoms with E-state index in [-0.39, 0.29) is 10.8 Å². The topological polar surface area (TPSA) is 88.6 Å². The van der Waals surface area contributed by atoms with Gasteiger partial charge in [-0.05, 0) is 55.4 Å². The molecular formula is C23H29N3O4S. The SMILES string of the molecule is O=C(NCc1ccc(OCC2CC2)nc1)c1cccc(S(=O)(=O)N2CCCCCC2)c1. The zero-order valence-corrected chi connectivity index (χ0v) is 18.4. The maximum absolute atomic E-state index is 13.0. The minimum absolute atomic E-state index is 0.167. The summed E-state index contributed by atoms with van der Waals surface area (Å²) in [6.07, 6.45) is 7.99. The predicted octanol–water partition coefficient (Wildman–Crippen LogP) is 3.37. The molecular weight excluding hydrogens is 414 g/mol. The number of carbonyl (C=O) groups is 1. The summed E-state index contributed by atoms with van der Waals surface area (Å²) < 4.78 is 33.2. The van der Waals surface area contributed by atoms with Gasteiger partial charge in [0.1, 0.15) is 0 Å². The molecule has 2 fully saturated rings. The highest BCUT2D eigenvalue weighted by Gasteiger charge is 2.26. The third-order valence-electron chi connectivity index (χ3n) is 5.71. The molecule has 1 aromatic carbocycles. The summed E-state index contributed by atoms with van der Waals surface area (Å²) in [5.74, 6) is 0.940. The second-order valence-electron chi connectivity index (χ2n) is 8.29. The van der Waals surface area contributed by atoms with Crippen LogP contribution >= 0.6 is 0 Å². The molecule has 0 unspecified atom stereocenters. The number of rotatable bonds is 8. The van der Waals surface area contributed by atoms with E-state index in [2.05, 4.69) is 10.3 Å². The van der Waals surface area contributed by atoms with E-state index in [1.54, 1.807) is 30.5 Å². The predicted molar refractivity (Wildman–Crippen MR) is 117 cm³/mol. The third kappa shape index (κ3) is 5.83. The van der Waals surface area contributed by atoms with Crippen LogP contribution in [0.5, 0.6) is 5.88 Å². The number of pyridine rings is 1. The monoisotopic (exact) mass is 443 g/mol. The van der Waals surface area contributed by atoms with Gasteiger partial charge in [0.05, 0.1) is 11.5 Å². The van der Waals surface area contributed by atoms with Crippen LogP contribution in [-0.2, 0) is 16.6 Å². The van der Waals surface area contributed by atoms with Crippen molar-refractivity contribution in [2.75, 3.05) is 19.7 Å². The lowest BCUT2D eigenvalue weighted by atomic mass is 10.2. The van der Waals surface area contributed by atoms with Crippen LogP contribution in [-0.4, -0.2) is 43.3 Å². The standard InChI is InChI=1S/C23H29N3O4S/c27-23(25-16-19-10-11-22(24-15-19)30-17-18-8-9-18)20-6-5-7-21(14-20)31(28,29)26-12-3-1-2-4-13-26/h5-7,10-11,14-15,18H,1-4,8-9,12-13,16-17H2,(H,25,27). The molecule has 7 nitrogen and oxygen atoms in total. The van der Waals surface area contributed by atoms with Gasteiger partial charge in [0.15, 0.2) is 0 Å². The van der Waals surface area contributed by atoms with Gasteiger partial charge in [-0.1, -0.05) is 25.0 Å². The van der Waals surface area contributed by atoms with Crippen molar-refractivity contribution in [2.24, 2.45) is 5.92 Å². The van der Waals surface area contributed by atoms with Crippen molar-refractivity contribution in [3.63, 3.8) is 0 Å². The fourth-order valence-electron chi connectivity index (χ4n) is 3.60. The van der Waals surface area contributed by atoms with Crippen LogP contribution in [0.25, 0.3) is 0 Å². The number of nitrogens with zero attached hydrogens (tertiary/aromatic N) is 2. The quantitative estimate of drug-likeness (QED) is 0.676. The molecule has 1 aliphatic carbocycles. The Balaban J connectivity index is 1.36. The van der Waals surface area contributed by atoms with E-state index in [0.717, 1.165) is 31.2 Å². The van der Waals surface area contributed by atoms with Gasteiger partial charge in [-0.25, -0.2) is 13.4 Å². The Morgan fingerprint density at radius 1 is 1.10 bits per heavy atom. The van der Waals surface area contributed by atoms with Crippen LogP contribution in [0, 0.1) is 5.92 Å². The van der Waals surface area contributed by atoms with Gasteiger partial charge in [0, 0.05) is 37.5 Å². The zero-order valence-electron chi connectivity index (χ0n) is 17.6. The van der Waals surface area contributed by atoms with E-state index in [0.29, 0.717) is 43.6 Å². The largest absolute Gasteiger partial charge is 0.477 e. The highest BCUT2D eigenvalue weighted by atomic mass is 32.2. The molecule has 1 amide bonds. The van der Waals surface area contributed by atoms with Crippen LogP contribution in [0.2, 0.25) is 0 Å². The second-order valence-corrected chi connectivity index (χ2v) is 10.2. The summed E-state index contributed by atoms with van der Waals surface area (Å²) in [5.41, 5.74) is 1.17. The Labute approximate surface area is 183 Å². The molecule has 0 atom stereocenters. The number of benzene rings is 1. The molecule has 1 aliphatic heterocycles. The number of aromatic nitrogens is 1. The van der Waals surface area contributed by atoms with Crippen molar-refractivity contribution >= 4 is 15.9 Å². The van der Waals surface area contributed by atoms with Gasteiger partial charge in [0.25, 0.3) is 5.91 Å². The van der Waals surface area contributed by atoms with Crippen molar-refractivity contribution in [3.05, 3.63) is 53.7 Å². The maximum atomic E-state index is 13.0. The first-order valence-corrected chi connectivity index (χ1v) is 12.4. The molecule has 1 N–H and O–H groups in total. The van der Waals surface area contributed by atoms with Crippen molar-refractivity contribution in [1.29, 1.82) is 0 Å². The number of hydrogen-bond donors (Lipinski definition) is 1. The molecule has 2 heterocycles. The molecule has 1 saturated heterocycles. The number of carbonyl (C=O) groups excluding carboxylic acids is 1. The van der Waals surface area contributed by atoms with Crippen LogP contribution < -0.4 is 10.1 Å². The molecule has 166 valence electrons. The molecule has 1 saturated carbocycles. The Bertz CT molecular complexity index is 996. The van der Waals surface area contributed by atoms with E-state index in [4.69, 9.17) is 4.74 Å². The Morgan fingerprint density at radius 2 is 1.87 bits per heavy atom. The molecule has 8 heteroatoms. The Morgan fingerprint density at radius 3 is 2.55 bits per heavy atom. The summed E-state index contributed by atoms with van der Waals surface area (Å²) in [5, 5.41) is 2.83. The first-order valence-electron chi connectivity index (χ1n) is 11.0. The molecule has 2 aliphatic rings. The molecule has 0 radical (unpaired) electrons. The molecule has 0 bridgehead atoms. The summed E-state index contributed by atoms with van der Waals surface area (Å²) in [7, 11) is -3.59. The van der Waals surface area contributed by atoms with Crippen molar-refractivity contribution in [3.8, 4) is 5.88 Å². The van der Waals surface area contributed by atoms with Gasteiger partial charge in [-0.15, -0.1) is 0 Å². The van der Waals surface area contributed by atoms with E-state index in [1.165, 1.54) is 23.2 Å². The minimum atomic E-state index is -3.59. The zero-order chi connectivity index (χ0) is 21.7. The fourth-order valence-corrected chi connectivity index (χ4v) is 5.17.